The number of ether oxygens (including phenoxy) is 4. The van der Waals surface area contributed by atoms with Crippen LogP contribution in [0.1, 0.15) is 29.3 Å². The van der Waals surface area contributed by atoms with E-state index in [2.05, 4.69) is 0 Å². The molecule has 2 aliphatic heterocycles. The fourth-order valence-corrected chi connectivity index (χ4v) is 4.21. The number of fused-ring (bicyclic) bond motifs is 1. The summed E-state index contributed by atoms with van der Waals surface area (Å²) in [7, 11) is 1.25. The first-order chi connectivity index (χ1) is 16.1. The zero-order valence-corrected chi connectivity index (χ0v) is 18.3. The fraction of sp³-hybridized carbons (Fsp3) is 0.435. The molecule has 4 rings (SSSR count). The SMILES string of the molecule is COc1cc(C(=O)N2CC[C@]3(c4cccc(F)c4F)OCO[C@@H]3C2)ccc1OC(C)C(F)(F)F. The van der Waals surface area contributed by atoms with Crippen molar-refractivity contribution in [1.82, 2.24) is 4.90 Å². The number of amides is 1. The zero-order valence-electron chi connectivity index (χ0n) is 18.3. The van der Waals surface area contributed by atoms with Crippen LogP contribution in [-0.4, -0.2) is 56.2 Å². The number of carbonyl (C=O) groups is 1. The molecule has 2 aromatic carbocycles. The Morgan fingerprint density at radius 2 is 1.97 bits per heavy atom. The normalized spacial score (nSPS) is 23.4. The second-order valence-corrected chi connectivity index (χ2v) is 8.08. The summed E-state index contributed by atoms with van der Waals surface area (Å²) in [6, 6.07) is 7.69. The van der Waals surface area contributed by atoms with E-state index in [0.717, 1.165) is 13.0 Å². The van der Waals surface area contributed by atoms with Crippen LogP contribution in [0.4, 0.5) is 22.0 Å². The molecule has 0 radical (unpaired) electrons. The van der Waals surface area contributed by atoms with Crippen LogP contribution >= 0.6 is 0 Å². The van der Waals surface area contributed by atoms with E-state index in [-0.39, 0.29) is 48.9 Å². The van der Waals surface area contributed by atoms with E-state index < -0.39 is 41.5 Å². The van der Waals surface area contributed by atoms with Gasteiger partial charge in [0.2, 0.25) is 0 Å². The molecule has 3 atom stereocenters. The second-order valence-electron chi connectivity index (χ2n) is 8.08. The highest BCUT2D eigenvalue weighted by atomic mass is 19.4. The number of hydrogen-bond donors (Lipinski definition) is 0. The van der Waals surface area contributed by atoms with E-state index in [9.17, 15) is 26.7 Å². The van der Waals surface area contributed by atoms with Crippen LogP contribution < -0.4 is 9.47 Å². The largest absolute Gasteiger partial charge is 0.493 e. The maximum absolute atomic E-state index is 14.5. The summed E-state index contributed by atoms with van der Waals surface area (Å²) in [5.74, 6) is -2.65. The van der Waals surface area contributed by atoms with Gasteiger partial charge >= 0.3 is 6.18 Å². The number of benzene rings is 2. The highest BCUT2D eigenvalue weighted by molar-refractivity contribution is 5.95. The third-order valence-electron chi connectivity index (χ3n) is 6.12. The van der Waals surface area contributed by atoms with Crippen LogP contribution in [0.5, 0.6) is 11.5 Å². The Bertz CT molecular complexity index is 1080. The van der Waals surface area contributed by atoms with Crippen LogP contribution in [0.2, 0.25) is 0 Å². The molecule has 1 amide bonds. The molecule has 1 unspecified atom stereocenters. The van der Waals surface area contributed by atoms with Gasteiger partial charge in [-0.25, -0.2) is 8.78 Å². The molecule has 34 heavy (non-hydrogen) atoms. The van der Waals surface area contributed by atoms with Gasteiger partial charge in [-0.1, -0.05) is 12.1 Å². The third kappa shape index (κ3) is 4.29. The Morgan fingerprint density at radius 1 is 1.21 bits per heavy atom. The van der Waals surface area contributed by atoms with Gasteiger partial charge in [-0.3, -0.25) is 4.79 Å². The number of carbonyl (C=O) groups excluding carboxylic acids is 1. The van der Waals surface area contributed by atoms with Crippen molar-refractivity contribution in [3.05, 3.63) is 59.2 Å². The summed E-state index contributed by atoms with van der Waals surface area (Å²) >= 11 is 0. The van der Waals surface area contributed by atoms with E-state index >= 15 is 0 Å². The van der Waals surface area contributed by atoms with Crippen molar-refractivity contribution < 1.29 is 45.7 Å². The molecule has 0 saturated carbocycles. The van der Waals surface area contributed by atoms with E-state index in [1.807, 2.05) is 0 Å². The number of likely N-dealkylation sites (tertiary alicyclic amines) is 1. The van der Waals surface area contributed by atoms with Crippen molar-refractivity contribution in [2.75, 3.05) is 27.0 Å². The monoisotopic (exact) mass is 487 g/mol. The summed E-state index contributed by atoms with van der Waals surface area (Å²) in [5, 5.41) is 0. The molecular weight excluding hydrogens is 465 g/mol. The van der Waals surface area contributed by atoms with Gasteiger partial charge in [0, 0.05) is 24.1 Å². The molecule has 0 aromatic heterocycles. The number of halogens is 5. The number of alkyl halides is 3. The Labute approximate surface area is 192 Å². The molecule has 0 bridgehead atoms. The van der Waals surface area contributed by atoms with Crippen LogP contribution in [0.25, 0.3) is 0 Å². The van der Waals surface area contributed by atoms with E-state index in [4.69, 9.17) is 18.9 Å². The third-order valence-corrected chi connectivity index (χ3v) is 6.12. The van der Waals surface area contributed by atoms with Gasteiger partial charge in [-0.05, 0) is 31.2 Å². The molecule has 0 N–H and O–H groups in total. The van der Waals surface area contributed by atoms with E-state index in [1.54, 1.807) is 0 Å². The van der Waals surface area contributed by atoms with Crippen molar-refractivity contribution in [1.29, 1.82) is 0 Å². The summed E-state index contributed by atoms with van der Waals surface area (Å²) < 4.78 is 88.3. The molecule has 2 saturated heterocycles. The van der Waals surface area contributed by atoms with Gasteiger partial charge in [-0.2, -0.15) is 13.2 Å². The minimum absolute atomic E-state index is 0.0315. The van der Waals surface area contributed by atoms with Crippen molar-refractivity contribution in [3.63, 3.8) is 0 Å². The standard InChI is InChI=1S/C23H22F5NO5/c1-13(23(26,27)28)34-17-7-6-14(10-18(17)31-2)21(30)29-9-8-22(19(11-29)32-12-33-22)15-4-3-5-16(24)20(15)25/h3-7,10,13,19H,8-9,11-12H2,1-2H3/t13?,19-,22-/m1/s1. The molecule has 0 aliphatic carbocycles. The maximum atomic E-state index is 14.5. The first-order valence-corrected chi connectivity index (χ1v) is 10.5. The Hall–Kier alpha value is -2.92. The van der Waals surface area contributed by atoms with Gasteiger partial charge < -0.3 is 23.8 Å². The highest BCUT2D eigenvalue weighted by Gasteiger charge is 2.52. The number of nitrogens with zero attached hydrogens (tertiary/aromatic N) is 1. The molecule has 2 aliphatic rings. The highest BCUT2D eigenvalue weighted by Crippen LogP contribution is 2.44. The van der Waals surface area contributed by atoms with Crippen molar-refractivity contribution in [2.24, 2.45) is 0 Å². The predicted molar refractivity (Wildman–Crippen MR) is 109 cm³/mol. The van der Waals surface area contributed by atoms with Crippen LogP contribution in [-0.2, 0) is 15.1 Å². The van der Waals surface area contributed by atoms with Crippen LogP contribution in [0.15, 0.2) is 36.4 Å². The molecule has 2 heterocycles. The number of rotatable bonds is 5. The second kappa shape index (κ2) is 9.03. The summed E-state index contributed by atoms with van der Waals surface area (Å²) in [5.41, 5.74) is -1.04. The minimum atomic E-state index is -4.57. The molecule has 2 aromatic rings. The molecule has 0 spiro atoms. The average Bonchev–Trinajstić information content (AvgIpc) is 3.24. The summed E-state index contributed by atoms with van der Waals surface area (Å²) in [6.45, 7) is 0.921. The maximum Gasteiger partial charge on any atom is 0.425 e. The Kier molecular flexibility index (Phi) is 6.43. The quantitative estimate of drug-likeness (QED) is 0.585. The Balaban J connectivity index is 1.53. The lowest BCUT2D eigenvalue weighted by Crippen LogP contribution is -2.54. The first-order valence-electron chi connectivity index (χ1n) is 10.5. The van der Waals surface area contributed by atoms with Crippen molar-refractivity contribution >= 4 is 5.91 Å². The molecule has 184 valence electrons. The lowest BCUT2D eigenvalue weighted by atomic mass is 9.81. The number of piperidine rings is 1. The van der Waals surface area contributed by atoms with Gasteiger partial charge in [0.15, 0.2) is 29.2 Å². The van der Waals surface area contributed by atoms with Gasteiger partial charge in [0.05, 0.1) is 13.7 Å². The van der Waals surface area contributed by atoms with Gasteiger partial charge in [0.25, 0.3) is 5.91 Å². The molecule has 6 nitrogen and oxygen atoms in total. The smallest absolute Gasteiger partial charge is 0.425 e. The van der Waals surface area contributed by atoms with E-state index in [1.165, 1.54) is 42.3 Å². The van der Waals surface area contributed by atoms with Crippen molar-refractivity contribution in [3.8, 4) is 11.5 Å². The first kappa shape index (κ1) is 24.2. The summed E-state index contributed by atoms with van der Waals surface area (Å²) in [4.78, 5) is 14.6. The van der Waals surface area contributed by atoms with Crippen molar-refractivity contribution in [2.45, 2.75) is 37.3 Å². The van der Waals surface area contributed by atoms with Gasteiger partial charge in [0.1, 0.15) is 18.5 Å². The molecule has 11 heteroatoms. The zero-order chi connectivity index (χ0) is 24.7. The number of methoxy groups -OCH3 is 1. The Morgan fingerprint density at radius 3 is 2.68 bits per heavy atom. The van der Waals surface area contributed by atoms with Crippen LogP contribution in [0, 0.1) is 11.6 Å². The predicted octanol–water partition coefficient (Wildman–Crippen LogP) is 4.42. The lowest BCUT2D eigenvalue weighted by Gasteiger charge is -2.42. The topological polar surface area (TPSA) is 57.2 Å². The summed E-state index contributed by atoms with van der Waals surface area (Å²) in [6.07, 6.45) is -7.21. The fourth-order valence-electron chi connectivity index (χ4n) is 4.21. The van der Waals surface area contributed by atoms with E-state index in [0.29, 0.717) is 0 Å². The lowest BCUT2D eigenvalue weighted by molar-refractivity contribution is -0.189. The van der Waals surface area contributed by atoms with Crippen LogP contribution in [0.3, 0.4) is 0 Å². The van der Waals surface area contributed by atoms with Gasteiger partial charge in [-0.15, -0.1) is 0 Å². The minimum Gasteiger partial charge on any atom is -0.493 e. The average molecular weight is 487 g/mol. The molecule has 2 fully saturated rings. The molecular formula is C23H22F5NO5. The number of hydrogen-bond acceptors (Lipinski definition) is 5.